The Hall–Kier alpha value is -5.00. The number of alkyl carbamates (subject to hydrolysis) is 1. The Balaban J connectivity index is 1.93. The highest BCUT2D eigenvalue weighted by molar-refractivity contribution is 6.04. The van der Waals surface area contributed by atoms with E-state index in [-0.39, 0.29) is 12.4 Å². The van der Waals surface area contributed by atoms with E-state index in [1.807, 2.05) is 18.2 Å². The van der Waals surface area contributed by atoms with E-state index in [4.69, 9.17) is 9.84 Å². The molecule has 3 atom stereocenters. The van der Waals surface area contributed by atoms with Crippen LogP contribution in [0.15, 0.2) is 66.7 Å². The zero-order valence-corrected chi connectivity index (χ0v) is 22.8. The number of nitrogens with zero attached hydrogens (tertiary/aromatic N) is 2. The summed E-state index contributed by atoms with van der Waals surface area (Å²) < 4.78 is 5.23. The molecule has 0 unspecified atom stereocenters. The highest BCUT2D eigenvalue weighted by Crippen LogP contribution is 2.24. The Morgan fingerprint density at radius 1 is 0.878 bits per heavy atom. The Morgan fingerprint density at radius 3 is 2.17 bits per heavy atom. The fourth-order valence-electron chi connectivity index (χ4n) is 4.14. The number of benzene rings is 2. The van der Waals surface area contributed by atoms with Crippen molar-refractivity contribution in [3.05, 3.63) is 72.3 Å². The number of ether oxygens (including phenoxy) is 1. The molecular formula is C29H32N4O8. The van der Waals surface area contributed by atoms with E-state index >= 15 is 0 Å². The first-order valence-corrected chi connectivity index (χ1v) is 12.9. The third kappa shape index (κ3) is 8.24. The lowest BCUT2D eigenvalue weighted by atomic mass is 9.99. The summed E-state index contributed by atoms with van der Waals surface area (Å²) in [6.07, 6.45) is -1.72. The van der Waals surface area contributed by atoms with Crippen molar-refractivity contribution in [2.75, 3.05) is 4.90 Å². The van der Waals surface area contributed by atoms with Crippen LogP contribution in [-0.4, -0.2) is 63.2 Å². The summed E-state index contributed by atoms with van der Waals surface area (Å²) in [5.74, 6) is -5.07. The maximum atomic E-state index is 13.9. The molecule has 4 N–H and O–H groups in total. The minimum Gasteiger partial charge on any atom is -0.481 e. The number of carbonyl (C=O) groups is 5. The largest absolute Gasteiger partial charge is 0.481 e. The van der Waals surface area contributed by atoms with Gasteiger partial charge in [0.1, 0.15) is 30.6 Å². The van der Waals surface area contributed by atoms with Gasteiger partial charge >= 0.3 is 18.0 Å². The number of pyridine rings is 1. The van der Waals surface area contributed by atoms with Crippen LogP contribution >= 0.6 is 0 Å². The van der Waals surface area contributed by atoms with E-state index in [0.29, 0.717) is 5.52 Å². The van der Waals surface area contributed by atoms with Crippen LogP contribution in [0.25, 0.3) is 10.9 Å². The van der Waals surface area contributed by atoms with Crippen LogP contribution < -0.4 is 15.5 Å². The number of aliphatic carboxylic acids is 2. The summed E-state index contributed by atoms with van der Waals surface area (Å²) in [4.78, 5) is 68.3. The molecule has 3 amide bonds. The fraction of sp³-hybridized carbons (Fsp3) is 0.310. The van der Waals surface area contributed by atoms with E-state index in [2.05, 4.69) is 15.6 Å². The second kappa shape index (κ2) is 13.9. The number of rotatable bonds is 12. The van der Waals surface area contributed by atoms with E-state index < -0.39 is 60.3 Å². The van der Waals surface area contributed by atoms with Crippen LogP contribution in [0.1, 0.15) is 32.8 Å². The summed E-state index contributed by atoms with van der Waals surface area (Å²) in [5.41, 5.74) is 1.28. The second-order valence-corrected chi connectivity index (χ2v) is 9.68. The number of fused-ring (bicyclic) bond motifs is 1. The number of carbonyl (C=O) groups excluding carboxylic acids is 3. The Kier molecular flexibility index (Phi) is 10.3. The molecule has 1 heterocycles. The zero-order chi connectivity index (χ0) is 30.1. The molecule has 0 aliphatic heterocycles. The number of nitrogens with one attached hydrogen (secondary N) is 2. The molecule has 0 radical (unpaired) electrons. The van der Waals surface area contributed by atoms with Gasteiger partial charge < -0.3 is 25.6 Å². The number of aromatic nitrogens is 1. The maximum absolute atomic E-state index is 13.9. The van der Waals surface area contributed by atoms with Crippen molar-refractivity contribution in [3.63, 3.8) is 0 Å². The highest BCUT2D eigenvalue weighted by atomic mass is 16.5. The molecule has 0 aliphatic rings. The molecule has 3 rings (SSSR count). The third-order valence-corrected chi connectivity index (χ3v) is 6.16. The first kappa shape index (κ1) is 30.5. The van der Waals surface area contributed by atoms with Gasteiger partial charge in [0.05, 0.1) is 11.9 Å². The van der Waals surface area contributed by atoms with Gasteiger partial charge in [-0.3, -0.25) is 19.3 Å². The van der Waals surface area contributed by atoms with Crippen molar-refractivity contribution in [2.45, 2.75) is 51.9 Å². The number of amides is 3. The molecule has 216 valence electrons. The van der Waals surface area contributed by atoms with Gasteiger partial charge in [-0.25, -0.2) is 14.6 Å². The Morgan fingerprint density at radius 2 is 1.54 bits per heavy atom. The zero-order valence-electron chi connectivity index (χ0n) is 22.8. The normalized spacial score (nSPS) is 13.1. The number of carboxylic acid groups (broad SMARTS) is 2. The summed E-state index contributed by atoms with van der Waals surface area (Å²) in [5, 5.41) is 24.0. The van der Waals surface area contributed by atoms with Gasteiger partial charge in [0.15, 0.2) is 0 Å². The molecule has 1 aromatic heterocycles. The molecule has 12 heteroatoms. The number of para-hydroxylation sites is 1. The Bertz CT molecular complexity index is 1410. The van der Waals surface area contributed by atoms with E-state index in [1.165, 1.54) is 13.0 Å². The minimum absolute atomic E-state index is 0.0271. The monoisotopic (exact) mass is 564 g/mol. The second-order valence-electron chi connectivity index (χ2n) is 9.68. The number of hydrogen-bond donors (Lipinski definition) is 4. The molecule has 0 spiro atoms. The lowest BCUT2D eigenvalue weighted by Crippen LogP contribution is -2.59. The summed E-state index contributed by atoms with van der Waals surface area (Å²) in [6.45, 7) is 4.68. The predicted molar refractivity (Wildman–Crippen MR) is 149 cm³/mol. The number of anilines is 1. The SMILES string of the molecule is CC(C)[C@@H](C(=O)N[C@@H](CC(=O)O)C(=O)O)N(C(=O)[C@H](C)NC(=O)OCc1ccccc1)c1ccc2ccccc2n1. The molecule has 41 heavy (non-hydrogen) atoms. The fourth-order valence-corrected chi connectivity index (χ4v) is 4.14. The smallest absolute Gasteiger partial charge is 0.408 e. The first-order chi connectivity index (χ1) is 19.5. The van der Waals surface area contributed by atoms with E-state index in [9.17, 15) is 29.1 Å². The van der Waals surface area contributed by atoms with Gasteiger partial charge in [-0.15, -0.1) is 0 Å². The van der Waals surface area contributed by atoms with Crippen molar-refractivity contribution < 1.29 is 38.9 Å². The molecule has 3 aromatic rings. The van der Waals surface area contributed by atoms with Crippen LogP contribution in [0.4, 0.5) is 10.6 Å². The molecule has 0 fully saturated rings. The molecule has 0 aliphatic carbocycles. The lowest BCUT2D eigenvalue weighted by molar-refractivity contribution is -0.147. The van der Waals surface area contributed by atoms with Gasteiger partial charge in [0, 0.05) is 5.39 Å². The van der Waals surface area contributed by atoms with E-state index in [0.717, 1.165) is 15.8 Å². The highest BCUT2D eigenvalue weighted by Gasteiger charge is 2.39. The Labute approximate surface area is 236 Å². The number of carboxylic acids is 2. The summed E-state index contributed by atoms with van der Waals surface area (Å²) in [6, 6.07) is 15.1. The average Bonchev–Trinajstić information content (AvgIpc) is 2.93. The van der Waals surface area contributed by atoms with Crippen molar-refractivity contribution in [1.82, 2.24) is 15.6 Å². The van der Waals surface area contributed by atoms with Crippen LogP contribution in [0.5, 0.6) is 0 Å². The molecule has 12 nitrogen and oxygen atoms in total. The standard InChI is InChI=1S/C29H32N4O8/c1-17(2)25(26(36)32-22(28(38)39)15-24(34)35)33(23-14-13-20-11-7-8-12-21(20)31-23)27(37)18(3)30-29(40)41-16-19-9-5-4-6-10-19/h4-14,17-18,22,25H,15-16H2,1-3H3,(H,30,40)(H,32,36)(H,34,35)(H,38,39)/t18-,22-,25-/m0/s1. The minimum atomic E-state index is -1.73. The molecule has 0 saturated heterocycles. The van der Waals surface area contributed by atoms with Crippen molar-refractivity contribution >= 4 is 46.6 Å². The third-order valence-electron chi connectivity index (χ3n) is 6.16. The molecular weight excluding hydrogens is 532 g/mol. The molecule has 0 saturated carbocycles. The maximum Gasteiger partial charge on any atom is 0.408 e. The van der Waals surface area contributed by atoms with Crippen molar-refractivity contribution in [1.29, 1.82) is 0 Å². The van der Waals surface area contributed by atoms with Crippen LogP contribution in [0.2, 0.25) is 0 Å². The number of hydrogen-bond acceptors (Lipinski definition) is 7. The van der Waals surface area contributed by atoms with Gasteiger partial charge in [0.25, 0.3) is 5.91 Å². The lowest BCUT2D eigenvalue weighted by Gasteiger charge is -2.35. The van der Waals surface area contributed by atoms with Crippen LogP contribution in [0.3, 0.4) is 0 Å². The molecule has 2 aromatic carbocycles. The summed E-state index contributed by atoms with van der Waals surface area (Å²) >= 11 is 0. The molecule has 0 bridgehead atoms. The van der Waals surface area contributed by atoms with Crippen LogP contribution in [0, 0.1) is 5.92 Å². The van der Waals surface area contributed by atoms with Gasteiger partial charge in [-0.2, -0.15) is 0 Å². The average molecular weight is 565 g/mol. The van der Waals surface area contributed by atoms with Crippen molar-refractivity contribution in [3.8, 4) is 0 Å². The summed E-state index contributed by atoms with van der Waals surface area (Å²) in [7, 11) is 0. The quantitative estimate of drug-likeness (QED) is 0.258. The van der Waals surface area contributed by atoms with Gasteiger partial charge in [-0.05, 0) is 36.6 Å². The predicted octanol–water partition coefficient (Wildman–Crippen LogP) is 2.95. The van der Waals surface area contributed by atoms with Gasteiger partial charge in [-0.1, -0.05) is 62.4 Å². The van der Waals surface area contributed by atoms with Crippen molar-refractivity contribution in [2.24, 2.45) is 5.92 Å². The first-order valence-electron chi connectivity index (χ1n) is 12.9. The topological polar surface area (TPSA) is 175 Å². The van der Waals surface area contributed by atoms with Gasteiger partial charge in [0.2, 0.25) is 5.91 Å². The van der Waals surface area contributed by atoms with E-state index in [1.54, 1.807) is 56.3 Å². The van der Waals surface area contributed by atoms with Crippen LogP contribution in [-0.2, 0) is 30.5 Å².